The molecule has 3 aliphatic rings. The molecule has 10 heteroatoms. The van der Waals surface area contributed by atoms with E-state index in [9.17, 15) is 0 Å². The Morgan fingerprint density at radius 1 is 0.921 bits per heavy atom. The standard InChI is InChI=1S/C28H28N10/c1-2-20(17-3-4-17)26-35-28(36-38(26)11-1)33-23-14-19(7-8-31-23)25-32-22-16-30-15-21(18-5-6-18)24(22)27(34-25)37-12-9-29-10-13-37/h1-2,7-8,11,14-18,29H,3-6,9-10,12-13H2,(H,31,33,36). The maximum atomic E-state index is 5.15. The topological polar surface area (TPSA) is 109 Å². The summed E-state index contributed by atoms with van der Waals surface area (Å²) in [5, 5.41) is 12.5. The summed E-state index contributed by atoms with van der Waals surface area (Å²) < 4.78 is 1.84. The maximum Gasteiger partial charge on any atom is 0.248 e. The van der Waals surface area contributed by atoms with Gasteiger partial charge in [0.1, 0.15) is 11.6 Å². The van der Waals surface area contributed by atoms with E-state index in [-0.39, 0.29) is 0 Å². The van der Waals surface area contributed by atoms with Crippen LogP contribution >= 0.6 is 0 Å². The fourth-order valence-electron chi connectivity index (χ4n) is 5.47. The van der Waals surface area contributed by atoms with Crippen molar-refractivity contribution in [3.63, 3.8) is 0 Å². The first-order valence-electron chi connectivity index (χ1n) is 13.5. The summed E-state index contributed by atoms with van der Waals surface area (Å²) in [5.41, 5.74) is 5.24. The first-order valence-corrected chi connectivity index (χ1v) is 13.5. The smallest absolute Gasteiger partial charge is 0.248 e. The molecule has 3 fully saturated rings. The van der Waals surface area contributed by atoms with E-state index in [1.165, 1.54) is 36.8 Å². The first kappa shape index (κ1) is 21.9. The molecule has 2 N–H and O–H groups in total. The van der Waals surface area contributed by atoms with E-state index in [0.717, 1.165) is 54.1 Å². The van der Waals surface area contributed by atoms with Gasteiger partial charge in [-0.15, -0.1) is 5.10 Å². The van der Waals surface area contributed by atoms with Gasteiger partial charge in [0.2, 0.25) is 5.95 Å². The summed E-state index contributed by atoms with van der Waals surface area (Å²) in [6, 6.07) is 8.11. The predicted molar refractivity (Wildman–Crippen MR) is 146 cm³/mol. The second-order valence-corrected chi connectivity index (χ2v) is 10.5. The zero-order valence-electron chi connectivity index (χ0n) is 21.0. The molecule has 0 bridgehead atoms. The highest BCUT2D eigenvalue weighted by molar-refractivity contribution is 5.94. The Hall–Kier alpha value is -4.18. The van der Waals surface area contributed by atoms with Crippen molar-refractivity contribution in [3.8, 4) is 11.4 Å². The molecule has 5 aromatic rings. The molecule has 1 aliphatic heterocycles. The molecule has 0 unspecified atom stereocenters. The fraction of sp³-hybridized carbons (Fsp3) is 0.357. The number of pyridine rings is 3. The zero-order valence-corrected chi connectivity index (χ0v) is 21.0. The number of anilines is 3. The summed E-state index contributed by atoms with van der Waals surface area (Å²) in [7, 11) is 0. The third kappa shape index (κ3) is 3.92. The highest BCUT2D eigenvalue weighted by Crippen LogP contribution is 2.45. The van der Waals surface area contributed by atoms with Gasteiger partial charge in [-0.05, 0) is 61.3 Å². The number of piperazine rings is 1. The van der Waals surface area contributed by atoms with Crippen molar-refractivity contribution >= 4 is 34.1 Å². The van der Waals surface area contributed by atoms with E-state index in [2.05, 4.69) is 36.7 Å². The van der Waals surface area contributed by atoms with E-state index in [1.807, 2.05) is 41.3 Å². The Morgan fingerprint density at radius 2 is 1.76 bits per heavy atom. The fourth-order valence-corrected chi connectivity index (χ4v) is 5.47. The highest BCUT2D eigenvalue weighted by atomic mass is 15.4. The zero-order chi connectivity index (χ0) is 25.1. The minimum atomic E-state index is 0.530. The van der Waals surface area contributed by atoms with Crippen LogP contribution in [0, 0.1) is 0 Å². The van der Waals surface area contributed by atoms with Gasteiger partial charge in [0.25, 0.3) is 0 Å². The average Bonchev–Trinajstić information content (AvgIpc) is 3.90. The van der Waals surface area contributed by atoms with Gasteiger partial charge in [-0.2, -0.15) is 4.98 Å². The van der Waals surface area contributed by atoms with Gasteiger partial charge in [-0.1, -0.05) is 6.07 Å². The van der Waals surface area contributed by atoms with Crippen LogP contribution in [0.2, 0.25) is 0 Å². The van der Waals surface area contributed by atoms with Gasteiger partial charge in [-0.25, -0.2) is 19.5 Å². The summed E-state index contributed by atoms with van der Waals surface area (Å²) in [4.78, 5) is 26.4. The molecule has 6 heterocycles. The molecule has 2 saturated carbocycles. The van der Waals surface area contributed by atoms with E-state index >= 15 is 0 Å². The molecule has 2 aliphatic carbocycles. The van der Waals surface area contributed by atoms with Crippen molar-refractivity contribution in [1.29, 1.82) is 0 Å². The van der Waals surface area contributed by atoms with Gasteiger partial charge in [0, 0.05) is 61.3 Å². The summed E-state index contributed by atoms with van der Waals surface area (Å²) in [6.07, 6.45) is 12.5. The predicted octanol–water partition coefficient (Wildman–Crippen LogP) is 4.04. The number of nitrogens with one attached hydrogen (secondary N) is 2. The van der Waals surface area contributed by atoms with Crippen molar-refractivity contribution in [2.75, 3.05) is 36.4 Å². The lowest BCUT2D eigenvalue weighted by Gasteiger charge is -2.30. The van der Waals surface area contributed by atoms with Crippen LogP contribution in [0.5, 0.6) is 0 Å². The van der Waals surface area contributed by atoms with Crippen LogP contribution < -0.4 is 15.5 Å². The lowest BCUT2D eigenvalue weighted by atomic mass is 10.1. The number of fused-ring (bicyclic) bond motifs is 2. The molecule has 0 amide bonds. The van der Waals surface area contributed by atoms with E-state index in [0.29, 0.717) is 29.4 Å². The Balaban J connectivity index is 1.18. The normalized spacial score (nSPS) is 17.8. The molecule has 0 aromatic carbocycles. The number of hydrogen-bond donors (Lipinski definition) is 2. The molecule has 10 nitrogen and oxygen atoms in total. The molecule has 0 radical (unpaired) electrons. The van der Waals surface area contributed by atoms with Gasteiger partial charge in [-0.3, -0.25) is 4.98 Å². The Labute approximate surface area is 219 Å². The second-order valence-electron chi connectivity index (χ2n) is 10.5. The molecule has 1 saturated heterocycles. The second kappa shape index (κ2) is 8.70. The molecule has 38 heavy (non-hydrogen) atoms. The van der Waals surface area contributed by atoms with Gasteiger partial charge < -0.3 is 15.5 Å². The molecule has 190 valence electrons. The van der Waals surface area contributed by atoms with Crippen molar-refractivity contribution in [2.24, 2.45) is 0 Å². The third-order valence-electron chi connectivity index (χ3n) is 7.72. The Bertz CT molecular complexity index is 1660. The van der Waals surface area contributed by atoms with Crippen molar-refractivity contribution < 1.29 is 0 Å². The highest BCUT2D eigenvalue weighted by Gasteiger charge is 2.29. The van der Waals surface area contributed by atoms with Crippen LogP contribution in [-0.4, -0.2) is 60.7 Å². The quantitative estimate of drug-likeness (QED) is 0.354. The maximum absolute atomic E-state index is 5.15. The van der Waals surface area contributed by atoms with Gasteiger partial charge in [0.05, 0.1) is 11.7 Å². The van der Waals surface area contributed by atoms with E-state index in [1.54, 1.807) is 6.20 Å². The van der Waals surface area contributed by atoms with Crippen LogP contribution in [0.4, 0.5) is 17.6 Å². The number of hydrogen-bond acceptors (Lipinski definition) is 9. The number of nitrogens with zero attached hydrogens (tertiary/aromatic N) is 8. The van der Waals surface area contributed by atoms with Crippen molar-refractivity contribution in [1.82, 2.24) is 39.9 Å². The van der Waals surface area contributed by atoms with E-state index in [4.69, 9.17) is 15.0 Å². The third-order valence-corrected chi connectivity index (χ3v) is 7.72. The molecule has 5 aromatic heterocycles. The lowest BCUT2D eigenvalue weighted by Crippen LogP contribution is -2.44. The number of rotatable bonds is 6. The Kier molecular flexibility index (Phi) is 5.00. The SMILES string of the molecule is c1cc(C2CC2)c2nc(Nc3cc(-c4nc(N5CCNCC5)c5c(C6CC6)cncc5n4)ccn3)nn2c1. The molecule has 0 spiro atoms. The molecule has 0 atom stereocenters. The van der Waals surface area contributed by atoms with Crippen molar-refractivity contribution in [2.45, 2.75) is 37.5 Å². The minimum absolute atomic E-state index is 0.530. The van der Waals surface area contributed by atoms with Crippen LogP contribution in [-0.2, 0) is 0 Å². The van der Waals surface area contributed by atoms with Crippen LogP contribution in [0.25, 0.3) is 27.9 Å². The first-order chi connectivity index (χ1) is 18.8. The van der Waals surface area contributed by atoms with Gasteiger partial charge in [0.15, 0.2) is 11.5 Å². The van der Waals surface area contributed by atoms with Crippen LogP contribution in [0.1, 0.15) is 48.6 Å². The largest absolute Gasteiger partial charge is 0.353 e. The number of aromatic nitrogens is 7. The summed E-state index contributed by atoms with van der Waals surface area (Å²) in [6.45, 7) is 3.73. The van der Waals surface area contributed by atoms with E-state index < -0.39 is 0 Å². The van der Waals surface area contributed by atoms with Crippen LogP contribution in [0.15, 0.2) is 49.1 Å². The van der Waals surface area contributed by atoms with Crippen LogP contribution in [0.3, 0.4) is 0 Å². The molecular formula is C28H28N10. The molecular weight excluding hydrogens is 476 g/mol. The monoisotopic (exact) mass is 504 g/mol. The lowest BCUT2D eigenvalue weighted by molar-refractivity contribution is 0.586. The average molecular weight is 505 g/mol. The minimum Gasteiger partial charge on any atom is -0.353 e. The summed E-state index contributed by atoms with van der Waals surface area (Å²) in [5.74, 6) is 4.03. The molecule has 8 rings (SSSR count). The Morgan fingerprint density at radius 3 is 2.61 bits per heavy atom. The summed E-state index contributed by atoms with van der Waals surface area (Å²) >= 11 is 0. The van der Waals surface area contributed by atoms with Gasteiger partial charge >= 0.3 is 0 Å². The van der Waals surface area contributed by atoms with Crippen molar-refractivity contribution in [3.05, 3.63) is 60.2 Å².